The van der Waals surface area contributed by atoms with Crippen LogP contribution in [-0.2, 0) is 23.8 Å². The molecule has 8 heteroatoms. The summed E-state index contributed by atoms with van der Waals surface area (Å²) < 4.78 is 29.7. The second kappa shape index (κ2) is 7.72. The second-order valence-electron chi connectivity index (χ2n) is 4.77. The topological polar surface area (TPSA) is 79.3 Å². The molecular formula is C12H25N5O2S. The van der Waals surface area contributed by atoms with Crippen LogP contribution in [0.5, 0.6) is 0 Å². The van der Waals surface area contributed by atoms with E-state index in [2.05, 4.69) is 15.1 Å². The summed E-state index contributed by atoms with van der Waals surface area (Å²) in [5.74, 6) is 0. The third-order valence-electron chi connectivity index (χ3n) is 3.05. The molecule has 7 nitrogen and oxygen atoms in total. The van der Waals surface area contributed by atoms with Crippen LogP contribution in [0.4, 0.5) is 0 Å². The van der Waals surface area contributed by atoms with Crippen LogP contribution in [0.3, 0.4) is 0 Å². The molecule has 0 radical (unpaired) electrons. The molecule has 1 rings (SSSR count). The number of hydrogen-bond acceptors (Lipinski definition) is 4. The smallest absolute Gasteiger partial charge is 0.279 e. The highest BCUT2D eigenvalue weighted by molar-refractivity contribution is 7.87. The number of nitrogens with zero attached hydrogens (tertiary/aromatic N) is 3. The van der Waals surface area contributed by atoms with E-state index in [1.165, 1.54) is 4.31 Å². The van der Waals surface area contributed by atoms with Crippen LogP contribution >= 0.6 is 0 Å². The number of aromatic nitrogens is 2. The molecule has 1 aromatic rings. The first-order chi connectivity index (χ1) is 9.36. The van der Waals surface area contributed by atoms with Gasteiger partial charge in [-0.1, -0.05) is 6.92 Å². The summed E-state index contributed by atoms with van der Waals surface area (Å²) in [5.41, 5.74) is 1.72. The first kappa shape index (κ1) is 17.1. The van der Waals surface area contributed by atoms with Crippen LogP contribution in [0, 0.1) is 6.92 Å². The molecule has 0 saturated carbocycles. The molecule has 0 bridgehead atoms. The molecule has 0 fully saturated rings. The van der Waals surface area contributed by atoms with Gasteiger partial charge >= 0.3 is 0 Å². The molecule has 1 heterocycles. The molecule has 0 unspecified atom stereocenters. The Kier molecular flexibility index (Phi) is 6.60. The fourth-order valence-corrected chi connectivity index (χ4v) is 2.75. The van der Waals surface area contributed by atoms with Gasteiger partial charge in [-0.2, -0.15) is 22.5 Å². The van der Waals surface area contributed by atoms with Crippen LogP contribution < -0.4 is 10.0 Å². The van der Waals surface area contributed by atoms with Crippen molar-refractivity contribution >= 4 is 10.2 Å². The van der Waals surface area contributed by atoms with E-state index in [4.69, 9.17) is 0 Å². The van der Waals surface area contributed by atoms with Gasteiger partial charge in [-0.15, -0.1) is 0 Å². The number of aryl methyl sites for hydroxylation is 2. The van der Waals surface area contributed by atoms with Gasteiger partial charge in [-0.25, -0.2) is 0 Å². The zero-order valence-corrected chi connectivity index (χ0v) is 13.5. The Bertz CT molecular complexity index is 512. The molecule has 0 atom stereocenters. The lowest BCUT2D eigenvalue weighted by Crippen LogP contribution is -2.39. The van der Waals surface area contributed by atoms with Crippen molar-refractivity contribution in [1.29, 1.82) is 0 Å². The van der Waals surface area contributed by atoms with E-state index in [0.717, 1.165) is 30.8 Å². The molecule has 0 aliphatic carbocycles. The lowest BCUT2D eigenvalue weighted by molar-refractivity contribution is 0.445. The SMILES string of the molecule is CCNCCCN(C)S(=O)(=O)NCc1cn(C)nc1C. The van der Waals surface area contributed by atoms with Crippen LogP contribution in [0.2, 0.25) is 0 Å². The highest BCUT2D eigenvalue weighted by Gasteiger charge is 2.17. The molecule has 0 aliphatic rings. The number of hydrogen-bond donors (Lipinski definition) is 2. The molecular weight excluding hydrogens is 278 g/mol. The van der Waals surface area contributed by atoms with Crippen molar-refractivity contribution in [2.45, 2.75) is 26.8 Å². The predicted molar refractivity (Wildman–Crippen MR) is 79.5 cm³/mol. The Labute approximate surface area is 121 Å². The Morgan fingerprint density at radius 2 is 2.15 bits per heavy atom. The third kappa shape index (κ3) is 5.20. The minimum Gasteiger partial charge on any atom is -0.317 e. The predicted octanol–water partition coefficient (Wildman–Crippen LogP) is -0.00568. The molecule has 1 aromatic heterocycles. The normalized spacial score (nSPS) is 12.2. The maximum Gasteiger partial charge on any atom is 0.279 e. The van der Waals surface area contributed by atoms with Gasteiger partial charge in [0, 0.05) is 38.9 Å². The van der Waals surface area contributed by atoms with Crippen molar-refractivity contribution in [2.75, 3.05) is 26.7 Å². The Balaban J connectivity index is 2.46. The van der Waals surface area contributed by atoms with Gasteiger partial charge < -0.3 is 5.32 Å². The van der Waals surface area contributed by atoms with Gasteiger partial charge in [0.05, 0.1) is 5.69 Å². The highest BCUT2D eigenvalue weighted by Crippen LogP contribution is 2.05. The second-order valence-corrected chi connectivity index (χ2v) is 6.63. The minimum atomic E-state index is -3.43. The van der Waals surface area contributed by atoms with E-state index >= 15 is 0 Å². The molecule has 0 saturated heterocycles. The first-order valence-electron chi connectivity index (χ1n) is 6.77. The zero-order chi connectivity index (χ0) is 15.2. The monoisotopic (exact) mass is 303 g/mol. The Morgan fingerprint density at radius 3 is 2.70 bits per heavy atom. The maximum atomic E-state index is 12.1. The number of rotatable bonds is 9. The van der Waals surface area contributed by atoms with Gasteiger partial charge in [-0.3, -0.25) is 4.68 Å². The van der Waals surface area contributed by atoms with E-state index in [1.807, 2.05) is 27.1 Å². The van der Waals surface area contributed by atoms with Gasteiger partial charge in [0.2, 0.25) is 0 Å². The fraction of sp³-hybridized carbons (Fsp3) is 0.750. The minimum absolute atomic E-state index is 0.263. The maximum absolute atomic E-state index is 12.1. The Hall–Kier alpha value is -0.960. The summed E-state index contributed by atoms with van der Waals surface area (Å²) in [7, 11) is -0.0296. The summed E-state index contributed by atoms with van der Waals surface area (Å²) >= 11 is 0. The molecule has 0 aliphatic heterocycles. The van der Waals surface area contributed by atoms with E-state index in [1.54, 1.807) is 11.7 Å². The Morgan fingerprint density at radius 1 is 1.45 bits per heavy atom. The molecule has 2 N–H and O–H groups in total. The number of nitrogens with one attached hydrogen (secondary N) is 2. The summed E-state index contributed by atoms with van der Waals surface area (Å²) in [6, 6.07) is 0. The lowest BCUT2D eigenvalue weighted by Gasteiger charge is -2.17. The van der Waals surface area contributed by atoms with Crippen LogP contribution in [0.25, 0.3) is 0 Å². The molecule has 0 aromatic carbocycles. The van der Waals surface area contributed by atoms with Crippen molar-refractivity contribution in [3.63, 3.8) is 0 Å². The first-order valence-corrected chi connectivity index (χ1v) is 8.21. The molecule has 20 heavy (non-hydrogen) atoms. The van der Waals surface area contributed by atoms with Gasteiger partial charge in [-0.05, 0) is 26.4 Å². The van der Waals surface area contributed by atoms with Crippen molar-refractivity contribution in [3.05, 3.63) is 17.5 Å². The summed E-state index contributed by atoms with van der Waals surface area (Å²) in [5, 5.41) is 7.36. The van der Waals surface area contributed by atoms with Gasteiger partial charge in [0.25, 0.3) is 10.2 Å². The molecule has 0 amide bonds. The van der Waals surface area contributed by atoms with Gasteiger partial charge in [0.1, 0.15) is 0 Å². The third-order valence-corrected chi connectivity index (χ3v) is 4.56. The standard InChI is InChI=1S/C12H25N5O2S/c1-5-13-7-6-8-17(4)20(18,19)14-9-12-10-16(3)15-11(12)2/h10,13-14H,5-9H2,1-4H3. The van der Waals surface area contributed by atoms with Crippen molar-refractivity contribution in [1.82, 2.24) is 24.1 Å². The zero-order valence-electron chi connectivity index (χ0n) is 12.7. The van der Waals surface area contributed by atoms with Crippen molar-refractivity contribution in [2.24, 2.45) is 7.05 Å². The summed E-state index contributed by atoms with van der Waals surface area (Å²) in [6.07, 6.45) is 2.61. The largest absolute Gasteiger partial charge is 0.317 e. The van der Waals surface area contributed by atoms with E-state index in [0.29, 0.717) is 6.54 Å². The quantitative estimate of drug-likeness (QED) is 0.629. The van der Waals surface area contributed by atoms with Crippen molar-refractivity contribution in [3.8, 4) is 0 Å². The lowest BCUT2D eigenvalue weighted by atomic mass is 10.3. The van der Waals surface area contributed by atoms with E-state index in [-0.39, 0.29) is 6.54 Å². The van der Waals surface area contributed by atoms with Crippen LogP contribution in [0.1, 0.15) is 24.6 Å². The molecule has 0 spiro atoms. The summed E-state index contributed by atoms with van der Waals surface area (Å²) in [6.45, 7) is 6.36. The average Bonchev–Trinajstić information content (AvgIpc) is 2.70. The average molecular weight is 303 g/mol. The van der Waals surface area contributed by atoms with E-state index < -0.39 is 10.2 Å². The highest BCUT2D eigenvalue weighted by atomic mass is 32.2. The molecule has 116 valence electrons. The summed E-state index contributed by atoms with van der Waals surface area (Å²) in [4.78, 5) is 0. The van der Waals surface area contributed by atoms with Crippen LogP contribution in [0.15, 0.2) is 6.20 Å². The van der Waals surface area contributed by atoms with E-state index in [9.17, 15) is 8.42 Å². The van der Waals surface area contributed by atoms with Crippen LogP contribution in [-0.4, -0.2) is 49.2 Å². The van der Waals surface area contributed by atoms with Crippen molar-refractivity contribution < 1.29 is 8.42 Å². The fourth-order valence-electron chi connectivity index (χ4n) is 1.83. The van der Waals surface area contributed by atoms with Gasteiger partial charge in [0.15, 0.2) is 0 Å².